The van der Waals surface area contributed by atoms with E-state index in [0.717, 1.165) is 25.9 Å². The average molecular weight is 253 g/mol. The highest BCUT2D eigenvalue weighted by molar-refractivity contribution is 5.85. The number of hydrogen-bond acceptors (Lipinski definition) is 2. The quantitative estimate of drug-likeness (QED) is 0.861. The van der Waals surface area contributed by atoms with E-state index in [9.17, 15) is 4.79 Å². The number of rotatable bonds is 3. The van der Waals surface area contributed by atoms with Gasteiger partial charge in [0.1, 0.15) is 0 Å². The molecule has 1 aliphatic heterocycles. The normalized spacial score (nSPS) is 17.2. The van der Waals surface area contributed by atoms with Crippen LogP contribution in [0.3, 0.4) is 0 Å². The highest BCUT2D eigenvalue weighted by atomic mass is 35.5. The molecule has 0 radical (unpaired) electrons. The number of benzene rings is 1. The molecule has 92 valence electrons. The SMILES string of the molecule is Cl.O=C(NCc1ccc2c(c1)CNC2)C1CC1. The first kappa shape index (κ1) is 12.4. The topological polar surface area (TPSA) is 41.1 Å². The summed E-state index contributed by atoms with van der Waals surface area (Å²) in [4.78, 5) is 11.5. The van der Waals surface area contributed by atoms with E-state index in [0.29, 0.717) is 12.5 Å². The van der Waals surface area contributed by atoms with E-state index >= 15 is 0 Å². The Kier molecular flexibility index (Phi) is 3.69. The van der Waals surface area contributed by atoms with Crippen LogP contribution in [0.15, 0.2) is 18.2 Å². The van der Waals surface area contributed by atoms with Gasteiger partial charge in [-0.3, -0.25) is 4.79 Å². The van der Waals surface area contributed by atoms with Crippen molar-refractivity contribution in [3.8, 4) is 0 Å². The predicted octanol–water partition coefficient (Wildman–Crippen LogP) is 1.74. The fourth-order valence-electron chi connectivity index (χ4n) is 2.14. The molecule has 1 aromatic rings. The van der Waals surface area contributed by atoms with Gasteiger partial charge in [-0.25, -0.2) is 0 Å². The van der Waals surface area contributed by atoms with Crippen molar-refractivity contribution in [1.82, 2.24) is 10.6 Å². The smallest absolute Gasteiger partial charge is 0.223 e. The Balaban J connectivity index is 0.00000108. The summed E-state index contributed by atoms with van der Waals surface area (Å²) >= 11 is 0. The Labute approximate surface area is 107 Å². The number of amides is 1. The number of nitrogens with one attached hydrogen (secondary N) is 2. The molecule has 0 bridgehead atoms. The third kappa shape index (κ3) is 2.79. The van der Waals surface area contributed by atoms with Gasteiger partial charge in [0.15, 0.2) is 0 Å². The zero-order valence-electron chi connectivity index (χ0n) is 9.66. The van der Waals surface area contributed by atoms with Crippen LogP contribution in [-0.4, -0.2) is 5.91 Å². The lowest BCUT2D eigenvalue weighted by atomic mass is 10.1. The van der Waals surface area contributed by atoms with Crippen molar-refractivity contribution in [2.45, 2.75) is 32.5 Å². The highest BCUT2D eigenvalue weighted by Crippen LogP contribution is 2.28. The van der Waals surface area contributed by atoms with Crippen molar-refractivity contribution >= 4 is 18.3 Å². The molecule has 1 saturated carbocycles. The maximum Gasteiger partial charge on any atom is 0.223 e. The lowest BCUT2D eigenvalue weighted by Crippen LogP contribution is -2.24. The molecule has 1 amide bonds. The van der Waals surface area contributed by atoms with E-state index in [1.807, 2.05) is 0 Å². The van der Waals surface area contributed by atoms with Crippen molar-refractivity contribution in [3.63, 3.8) is 0 Å². The van der Waals surface area contributed by atoms with Crippen molar-refractivity contribution in [1.29, 1.82) is 0 Å². The largest absolute Gasteiger partial charge is 0.352 e. The summed E-state index contributed by atoms with van der Waals surface area (Å²) in [5.41, 5.74) is 3.96. The van der Waals surface area contributed by atoms with Gasteiger partial charge in [-0.2, -0.15) is 0 Å². The molecule has 4 heteroatoms. The Morgan fingerprint density at radius 3 is 2.82 bits per heavy atom. The minimum Gasteiger partial charge on any atom is -0.352 e. The van der Waals surface area contributed by atoms with Gasteiger partial charge in [-0.1, -0.05) is 18.2 Å². The maximum absolute atomic E-state index is 11.5. The van der Waals surface area contributed by atoms with Crippen molar-refractivity contribution < 1.29 is 4.79 Å². The van der Waals surface area contributed by atoms with E-state index in [4.69, 9.17) is 0 Å². The van der Waals surface area contributed by atoms with Crippen molar-refractivity contribution in [2.24, 2.45) is 5.92 Å². The molecule has 0 saturated heterocycles. The minimum absolute atomic E-state index is 0. The predicted molar refractivity (Wildman–Crippen MR) is 68.8 cm³/mol. The second-order valence-electron chi connectivity index (χ2n) is 4.70. The number of carbonyl (C=O) groups excluding carboxylic acids is 1. The van der Waals surface area contributed by atoms with Crippen LogP contribution < -0.4 is 10.6 Å². The molecule has 2 N–H and O–H groups in total. The minimum atomic E-state index is 0. The van der Waals surface area contributed by atoms with Gasteiger partial charge in [0, 0.05) is 25.6 Å². The first-order valence-corrected chi connectivity index (χ1v) is 5.92. The van der Waals surface area contributed by atoms with Gasteiger partial charge in [0.2, 0.25) is 5.91 Å². The Bertz CT molecular complexity index is 429. The molecule has 3 rings (SSSR count). The lowest BCUT2D eigenvalue weighted by molar-refractivity contribution is -0.122. The standard InChI is InChI=1S/C13H16N2O.ClH/c16-13(10-3-4-10)15-6-9-1-2-11-7-14-8-12(11)5-9;/h1-2,5,10,14H,3-4,6-8H2,(H,15,16);1H. The van der Waals surface area contributed by atoms with Crippen molar-refractivity contribution in [3.05, 3.63) is 34.9 Å². The Morgan fingerprint density at radius 2 is 2.06 bits per heavy atom. The second kappa shape index (κ2) is 5.07. The molecule has 1 fully saturated rings. The second-order valence-corrected chi connectivity index (χ2v) is 4.70. The summed E-state index contributed by atoms with van der Waals surface area (Å²) in [6.45, 7) is 2.60. The van der Waals surface area contributed by atoms with Crippen LogP contribution >= 0.6 is 12.4 Å². The van der Waals surface area contributed by atoms with E-state index in [1.54, 1.807) is 0 Å². The summed E-state index contributed by atoms with van der Waals surface area (Å²) < 4.78 is 0. The zero-order valence-corrected chi connectivity index (χ0v) is 10.5. The van der Waals surface area contributed by atoms with Gasteiger partial charge in [0.05, 0.1) is 0 Å². The molecule has 3 nitrogen and oxygen atoms in total. The van der Waals surface area contributed by atoms with Crippen molar-refractivity contribution in [2.75, 3.05) is 0 Å². The van der Waals surface area contributed by atoms with E-state index in [1.165, 1.54) is 16.7 Å². The fraction of sp³-hybridized carbons (Fsp3) is 0.462. The zero-order chi connectivity index (χ0) is 11.0. The maximum atomic E-state index is 11.5. The molecule has 17 heavy (non-hydrogen) atoms. The van der Waals surface area contributed by atoms with E-state index < -0.39 is 0 Å². The molecular formula is C13H17ClN2O. The molecule has 1 aliphatic carbocycles. The number of halogens is 1. The molecule has 0 spiro atoms. The lowest BCUT2D eigenvalue weighted by Gasteiger charge is -2.06. The molecule has 1 heterocycles. The summed E-state index contributed by atoms with van der Waals surface area (Å²) in [5, 5.41) is 6.31. The third-order valence-corrected chi connectivity index (χ3v) is 3.32. The van der Waals surface area contributed by atoms with Gasteiger partial charge < -0.3 is 10.6 Å². The van der Waals surface area contributed by atoms with Gasteiger partial charge in [0.25, 0.3) is 0 Å². The molecule has 1 aromatic carbocycles. The van der Waals surface area contributed by atoms with E-state index in [2.05, 4.69) is 28.8 Å². The highest BCUT2D eigenvalue weighted by Gasteiger charge is 2.29. The van der Waals surface area contributed by atoms with Crippen LogP contribution in [0.5, 0.6) is 0 Å². The molecular weight excluding hydrogens is 236 g/mol. The molecule has 2 aliphatic rings. The molecule has 0 unspecified atom stereocenters. The monoisotopic (exact) mass is 252 g/mol. The number of hydrogen-bond donors (Lipinski definition) is 2. The van der Waals surface area contributed by atoms with Crippen LogP contribution in [0.4, 0.5) is 0 Å². The average Bonchev–Trinajstić information content (AvgIpc) is 3.04. The van der Waals surface area contributed by atoms with Crippen LogP contribution in [0, 0.1) is 5.92 Å². The van der Waals surface area contributed by atoms with Crippen LogP contribution in [0.25, 0.3) is 0 Å². The first-order valence-electron chi connectivity index (χ1n) is 5.92. The first-order chi connectivity index (χ1) is 7.83. The molecule has 0 aromatic heterocycles. The summed E-state index contributed by atoms with van der Waals surface area (Å²) in [5.74, 6) is 0.523. The van der Waals surface area contributed by atoms with Gasteiger partial charge in [-0.05, 0) is 29.5 Å². The van der Waals surface area contributed by atoms with Crippen LogP contribution in [0.2, 0.25) is 0 Å². The number of fused-ring (bicyclic) bond motifs is 1. The fourth-order valence-corrected chi connectivity index (χ4v) is 2.14. The Hall–Kier alpha value is -1.06. The van der Waals surface area contributed by atoms with Crippen LogP contribution in [-0.2, 0) is 24.4 Å². The van der Waals surface area contributed by atoms with E-state index in [-0.39, 0.29) is 18.3 Å². The summed E-state index contributed by atoms with van der Waals surface area (Å²) in [7, 11) is 0. The van der Waals surface area contributed by atoms with Gasteiger partial charge in [-0.15, -0.1) is 12.4 Å². The Morgan fingerprint density at radius 1 is 1.29 bits per heavy atom. The third-order valence-electron chi connectivity index (χ3n) is 3.32. The molecule has 0 atom stereocenters. The van der Waals surface area contributed by atoms with Crippen LogP contribution in [0.1, 0.15) is 29.5 Å². The summed E-state index contributed by atoms with van der Waals surface area (Å²) in [6, 6.07) is 6.47. The summed E-state index contributed by atoms with van der Waals surface area (Å²) in [6.07, 6.45) is 2.14. The van der Waals surface area contributed by atoms with Gasteiger partial charge >= 0.3 is 0 Å². The number of carbonyl (C=O) groups is 1.